The number of ether oxygens (including phenoxy) is 1. The summed E-state index contributed by atoms with van der Waals surface area (Å²) in [5.41, 5.74) is 1.95. The number of carbonyl (C=O) groups is 3. The van der Waals surface area contributed by atoms with Crippen LogP contribution in [-0.2, 0) is 9.59 Å². The summed E-state index contributed by atoms with van der Waals surface area (Å²) in [6, 6.07) is 14.6. The van der Waals surface area contributed by atoms with Gasteiger partial charge in [-0.3, -0.25) is 14.4 Å². The van der Waals surface area contributed by atoms with Crippen molar-refractivity contribution in [1.82, 2.24) is 4.90 Å². The molecule has 1 aliphatic heterocycles. The van der Waals surface area contributed by atoms with Gasteiger partial charge in [-0.15, -0.1) is 0 Å². The fraction of sp³-hybridized carbons (Fsp3) is 0.423. The SMILES string of the molecule is COc1cccc(N2CC(C(=O)Nc3ccc(C(=O)N(C)C4CCCCC4)cc3)CC2=O)c1. The zero-order chi connectivity index (χ0) is 23.4. The Kier molecular flexibility index (Phi) is 6.96. The monoisotopic (exact) mass is 449 g/mol. The average molecular weight is 450 g/mol. The first-order valence-corrected chi connectivity index (χ1v) is 11.6. The number of nitrogens with zero attached hydrogens (tertiary/aromatic N) is 2. The van der Waals surface area contributed by atoms with Crippen LogP contribution in [0.25, 0.3) is 0 Å². The summed E-state index contributed by atoms with van der Waals surface area (Å²) in [7, 11) is 3.45. The molecule has 1 N–H and O–H groups in total. The van der Waals surface area contributed by atoms with Crippen LogP contribution in [0.15, 0.2) is 48.5 Å². The lowest BCUT2D eigenvalue weighted by atomic mass is 9.94. The molecular formula is C26H31N3O4. The Morgan fingerprint density at radius 1 is 1.06 bits per heavy atom. The van der Waals surface area contributed by atoms with Crippen molar-refractivity contribution in [2.75, 3.05) is 30.9 Å². The third kappa shape index (κ3) is 5.18. The van der Waals surface area contributed by atoms with Crippen LogP contribution >= 0.6 is 0 Å². The summed E-state index contributed by atoms with van der Waals surface area (Å²) in [5.74, 6) is -0.0586. The van der Waals surface area contributed by atoms with Crippen LogP contribution in [0.4, 0.5) is 11.4 Å². The number of amides is 3. The Labute approximate surface area is 194 Å². The van der Waals surface area contributed by atoms with Crippen LogP contribution in [-0.4, -0.2) is 49.4 Å². The highest BCUT2D eigenvalue weighted by molar-refractivity contribution is 6.03. The van der Waals surface area contributed by atoms with Gasteiger partial charge in [-0.2, -0.15) is 0 Å². The van der Waals surface area contributed by atoms with Crippen LogP contribution in [0.5, 0.6) is 5.75 Å². The number of anilines is 2. The number of hydrogen-bond donors (Lipinski definition) is 1. The lowest BCUT2D eigenvalue weighted by molar-refractivity contribution is -0.122. The summed E-state index contributed by atoms with van der Waals surface area (Å²) >= 11 is 0. The largest absolute Gasteiger partial charge is 0.497 e. The van der Waals surface area contributed by atoms with E-state index in [0.29, 0.717) is 29.6 Å². The van der Waals surface area contributed by atoms with Crippen molar-refractivity contribution in [3.63, 3.8) is 0 Å². The number of carbonyl (C=O) groups excluding carboxylic acids is 3. The third-order valence-corrected chi connectivity index (χ3v) is 6.70. The van der Waals surface area contributed by atoms with E-state index in [1.165, 1.54) is 19.3 Å². The van der Waals surface area contributed by atoms with Crippen molar-refractivity contribution in [2.24, 2.45) is 5.92 Å². The van der Waals surface area contributed by atoms with Gasteiger partial charge in [-0.05, 0) is 49.2 Å². The minimum absolute atomic E-state index is 0.00935. The average Bonchev–Trinajstić information content (AvgIpc) is 3.26. The van der Waals surface area contributed by atoms with E-state index in [0.717, 1.165) is 18.5 Å². The maximum atomic E-state index is 12.8. The first-order valence-electron chi connectivity index (χ1n) is 11.6. The van der Waals surface area contributed by atoms with Crippen molar-refractivity contribution < 1.29 is 19.1 Å². The Morgan fingerprint density at radius 3 is 2.48 bits per heavy atom. The van der Waals surface area contributed by atoms with Crippen LogP contribution in [0.2, 0.25) is 0 Å². The molecule has 1 saturated heterocycles. The molecule has 7 heteroatoms. The molecule has 33 heavy (non-hydrogen) atoms. The van der Waals surface area contributed by atoms with Gasteiger partial charge >= 0.3 is 0 Å². The zero-order valence-electron chi connectivity index (χ0n) is 19.3. The number of methoxy groups -OCH3 is 1. The Bertz CT molecular complexity index is 1010. The molecule has 1 heterocycles. The molecule has 7 nitrogen and oxygen atoms in total. The molecule has 0 bridgehead atoms. The maximum Gasteiger partial charge on any atom is 0.253 e. The van der Waals surface area contributed by atoms with Gasteiger partial charge in [0, 0.05) is 49.1 Å². The summed E-state index contributed by atoms with van der Waals surface area (Å²) in [6.07, 6.45) is 5.87. The molecule has 174 valence electrons. The third-order valence-electron chi connectivity index (χ3n) is 6.70. The quantitative estimate of drug-likeness (QED) is 0.720. The highest BCUT2D eigenvalue weighted by Gasteiger charge is 2.35. The standard InChI is InChI=1S/C26H31N3O4/c1-28(21-7-4-3-5-8-21)26(32)18-11-13-20(14-12-18)27-25(31)19-15-24(30)29(17-19)22-9-6-10-23(16-22)33-2/h6,9-14,16,19,21H,3-5,7-8,15,17H2,1-2H3,(H,27,31). The van der Waals surface area contributed by atoms with E-state index in [-0.39, 0.29) is 24.1 Å². The van der Waals surface area contributed by atoms with E-state index in [2.05, 4.69) is 5.32 Å². The molecule has 1 atom stereocenters. The second-order valence-corrected chi connectivity index (χ2v) is 8.88. The topological polar surface area (TPSA) is 79.0 Å². The molecule has 0 radical (unpaired) electrons. The van der Waals surface area contributed by atoms with E-state index < -0.39 is 5.92 Å². The van der Waals surface area contributed by atoms with Gasteiger partial charge in [-0.25, -0.2) is 0 Å². The predicted molar refractivity (Wildman–Crippen MR) is 127 cm³/mol. The Hall–Kier alpha value is -3.35. The highest BCUT2D eigenvalue weighted by atomic mass is 16.5. The van der Waals surface area contributed by atoms with Gasteiger partial charge < -0.3 is 19.9 Å². The van der Waals surface area contributed by atoms with Gasteiger partial charge in [0.2, 0.25) is 11.8 Å². The van der Waals surface area contributed by atoms with E-state index in [4.69, 9.17) is 4.74 Å². The molecular weight excluding hydrogens is 418 g/mol. The molecule has 1 aliphatic carbocycles. The molecule has 0 spiro atoms. The van der Waals surface area contributed by atoms with Crippen molar-refractivity contribution in [2.45, 2.75) is 44.6 Å². The van der Waals surface area contributed by atoms with Gasteiger partial charge in [0.05, 0.1) is 13.0 Å². The molecule has 3 amide bonds. The Balaban J connectivity index is 1.35. The lowest BCUT2D eigenvalue weighted by Gasteiger charge is -2.31. The summed E-state index contributed by atoms with van der Waals surface area (Å²) < 4.78 is 5.23. The second kappa shape index (κ2) is 10.1. The number of benzene rings is 2. The summed E-state index contributed by atoms with van der Waals surface area (Å²) in [4.78, 5) is 41.6. The molecule has 4 rings (SSSR count). The van der Waals surface area contributed by atoms with E-state index in [9.17, 15) is 14.4 Å². The van der Waals surface area contributed by atoms with Gasteiger partial charge in [-0.1, -0.05) is 25.3 Å². The minimum atomic E-state index is -0.442. The number of rotatable bonds is 6. The smallest absolute Gasteiger partial charge is 0.253 e. The van der Waals surface area contributed by atoms with Crippen LogP contribution in [0.3, 0.4) is 0 Å². The molecule has 2 aromatic rings. The molecule has 1 unspecified atom stereocenters. The molecule has 2 aliphatic rings. The number of nitrogens with one attached hydrogen (secondary N) is 1. The van der Waals surface area contributed by atoms with Crippen LogP contribution in [0, 0.1) is 5.92 Å². The first kappa shape index (κ1) is 22.8. The lowest BCUT2D eigenvalue weighted by Crippen LogP contribution is -2.38. The fourth-order valence-corrected chi connectivity index (χ4v) is 4.69. The predicted octanol–water partition coefficient (Wildman–Crippen LogP) is 4.09. The molecule has 1 saturated carbocycles. The van der Waals surface area contributed by atoms with Gasteiger partial charge in [0.15, 0.2) is 0 Å². The number of hydrogen-bond acceptors (Lipinski definition) is 4. The summed E-state index contributed by atoms with van der Waals surface area (Å²) in [6.45, 7) is 0.320. The van der Waals surface area contributed by atoms with E-state index >= 15 is 0 Å². The fourth-order valence-electron chi connectivity index (χ4n) is 4.69. The van der Waals surface area contributed by atoms with Crippen LogP contribution < -0.4 is 15.0 Å². The van der Waals surface area contributed by atoms with Gasteiger partial charge in [0.1, 0.15) is 5.75 Å². The maximum absolute atomic E-state index is 12.8. The van der Waals surface area contributed by atoms with Crippen molar-refractivity contribution in [3.05, 3.63) is 54.1 Å². The Morgan fingerprint density at radius 2 is 1.79 bits per heavy atom. The van der Waals surface area contributed by atoms with Crippen molar-refractivity contribution in [3.8, 4) is 5.75 Å². The van der Waals surface area contributed by atoms with Gasteiger partial charge in [0.25, 0.3) is 5.91 Å². The highest BCUT2D eigenvalue weighted by Crippen LogP contribution is 2.29. The van der Waals surface area contributed by atoms with Crippen molar-refractivity contribution in [1.29, 1.82) is 0 Å². The molecule has 2 aromatic carbocycles. The van der Waals surface area contributed by atoms with Crippen LogP contribution in [0.1, 0.15) is 48.9 Å². The van der Waals surface area contributed by atoms with E-state index in [1.54, 1.807) is 42.3 Å². The van der Waals surface area contributed by atoms with Crippen molar-refractivity contribution >= 4 is 29.1 Å². The zero-order valence-corrected chi connectivity index (χ0v) is 19.3. The summed E-state index contributed by atoms with van der Waals surface area (Å²) in [5, 5.41) is 2.89. The normalized spacial score (nSPS) is 18.8. The molecule has 0 aromatic heterocycles. The first-order chi connectivity index (χ1) is 16.0. The second-order valence-electron chi connectivity index (χ2n) is 8.88. The minimum Gasteiger partial charge on any atom is -0.497 e. The van der Waals surface area contributed by atoms with E-state index in [1.807, 2.05) is 30.1 Å². The molecule has 2 fully saturated rings.